The Hall–Kier alpha value is -1.18. The monoisotopic (exact) mass is 314 g/mol. The quantitative estimate of drug-likeness (QED) is 0.804. The number of aromatic hydroxyl groups is 1. The summed E-state index contributed by atoms with van der Waals surface area (Å²) in [5.74, 6) is 4.31. The molecule has 1 aromatic carbocycles. The van der Waals surface area contributed by atoms with Crippen LogP contribution in [0.1, 0.15) is 69.4 Å². The Balaban J connectivity index is 1.70. The molecular formula is C21H30O2. The zero-order valence-corrected chi connectivity index (χ0v) is 14.8. The highest BCUT2D eigenvalue weighted by molar-refractivity contribution is 5.49. The van der Waals surface area contributed by atoms with Gasteiger partial charge in [-0.25, -0.2) is 0 Å². The van der Waals surface area contributed by atoms with Gasteiger partial charge in [-0.15, -0.1) is 0 Å². The summed E-state index contributed by atoms with van der Waals surface area (Å²) in [4.78, 5) is 0. The van der Waals surface area contributed by atoms with Gasteiger partial charge in [0.2, 0.25) is 0 Å². The first kappa shape index (κ1) is 15.4. The van der Waals surface area contributed by atoms with E-state index < -0.39 is 0 Å². The van der Waals surface area contributed by atoms with E-state index in [0.717, 1.165) is 24.2 Å². The molecule has 0 heterocycles. The van der Waals surface area contributed by atoms with Gasteiger partial charge in [0, 0.05) is 0 Å². The second-order valence-electron chi connectivity index (χ2n) is 8.37. The van der Waals surface area contributed by atoms with E-state index >= 15 is 0 Å². The van der Waals surface area contributed by atoms with E-state index in [9.17, 15) is 5.11 Å². The van der Waals surface area contributed by atoms with Crippen molar-refractivity contribution >= 4 is 0 Å². The second kappa shape index (κ2) is 5.43. The number of aryl methyl sites for hydroxylation is 1. The summed E-state index contributed by atoms with van der Waals surface area (Å²) in [6.45, 7) is 4.97. The molecule has 0 aromatic heterocycles. The topological polar surface area (TPSA) is 29.5 Å². The van der Waals surface area contributed by atoms with Crippen molar-refractivity contribution in [2.24, 2.45) is 23.2 Å². The van der Waals surface area contributed by atoms with Gasteiger partial charge in [0.05, 0.1) is 7.11 Å². The predicted octanol–water partition coefficient (Wildman–Crippen LogP) is 5.28. The van der Waals surface area contributed by atoms with E-state index in [1.54, 1.807) is 7.11 Å². The minimum Gasteiger partial charge on any atom is -0.504 e. The van der Waals surface area contributed by atoms with Crippen LogP contribution in [-0.2, 0) is 6.42 Å². The Morgan fingerprint density at radius 1 is 1.22 bits per heavy atom. The molecule has 3 aliphatic rings. The fourth-order valence-corrected chi connectivity index (χ4v) is 6.53. The largest absolute Gasteiger partial charge is 0.504 e. The van der Waals surface area contributed by atoms with Crippen LogP contribution in [0.15, 0.2) is 12.1 Å². The third-order valence-electron chi connectivity index (χ3n) is 7.71. The minimum absolute atomic E-state index is 0.303. The number of benzene rings is 1. The Labute approximate surface area is 140 Å². The van der Waals surface area contributed by atoms with Crippen LogP contribution in [0.4, 0.5) is 0 Å². The van der Waals surface area contributed by atoms with E-state index in [4.69, 9.17) is 4.74 Å². The van der Waals surface area contributed by atoms with Gasteiger partial charge in [0.25, 0.3) is 0 Å². The van der Waals surface area contributed by atoms with Crippen LogP contribution in [0.3, 0.4) is 0 Å². The van der Waals surface area contributed by atoms with Crippen LogP contribution in [0.25, 0.3) is 0 Å². The molecule has 1 aromatic rings. The van der Waals surface area contributed by atoms with Crippen LogP contribution in [0.2, 0.25) is 0 Å². The summed E-state index contributed by atoms with van der Waals surface area (Å²) in [6, 6.07) is 4.10. The molecule has 0 spiro atoms. The lowest BCUT2D eigenvalue weighted by molar-refractivity contribution is 0.0273. The number of phenolic OH excluding ortho intramolecular Hbond substituents is 1. The Kier molecular flexibility index (Phi) is 3.62. The fourth-order valence-electron chi connectivity index (χ4n) is 6.53. The van der Waals surface area contributed by atoms with Gasteiger partial charge in [-0.05, 0) is 90.9 Å². The summed E-state index contributed by atoms with van der Waals surface area (Å²) in [5, 5.41) is 10.1. The highest BCUT2D eigenvalue weighted by atomic mass is 16.5. The molecule has 23 heavy (non-hydrogen) atoms. The van der Waals surface area contributed by atoms with E-state index in [1.807, 2.05) is 6.07 Å². The molecular weight excluding hydrogens is 284 g/mol. The zero-order chi connectivity index (χ0) is 16.2. The lowest BCUT2D eigenvalue weighted by atomic mass is 9.54. The van der Waals surface area contributed by atoms with Gasteiger partial charge in [-0.2, -0.15) is 0 Å². The standard InChI is InChI=1S/C21H30O2/c1-4-14-6-8-18-16-7-5-13-11-19(22)20(23-3)12-17(13)15(16)9-10-21(14,18)2/h11-12,14-16,18,22H,4-10H2,1-3H3/t14?,15-,16+,18-,21+/m0/s1. The predicted molar refractivity (Wildman–Crippen MR) is 93.1 cm³/mol. The average Bonchev–Trinajstić information content (AvgIpc) is 2.90. The van der Waals surface area contributed by atoms with Crippen LogP contribution in [0.5, 0.6) is 11.5 Å². The zero-order valence-electron chi connectivity index (χ0n) is 14.8. The van der Waals surface area contributed by atoms with Crippen molar-refractivity contribution < 1.29 is 9.84 Å². The SMILES string of the molecule is CCC1CC[C@H]2[C@@H]3CCc4cc(O)c(OC)cc4[C@H]3CC[C@]12C. The molecule has 0 aliphatic heterocycles. The summed E-state index contributed by atoms with van der Waals surface area (Å²) >= 11 is 0. The number of hydrogen-bond acceptors (Lipinski definition) is 2. The number of methoxy groups -OCH3 is 1. The van der Waals surface area contributed by atoms with E-state index in [-0.39, 0.29) is 0 Å². The molecule has 5 atom stereocenters. The smallest absolute Gasteiger partial charge is 0.160 e. The fraction of sp³-hybridized carbons (Fsp3) is 0.714. The van der Waals surface area contributed by atoms with Crippen molar-refractivity contribution in [1.82, 2.24) is 0 Å². The van der Waals surface area contributed by atoms with Crippen molar-refractivity contribution in [2.75, 3.05) is 7.11 Å². The number of ether oxygens (including phenoxy) is 1. The molecule has 126 valence electrons. The van der Waals surface area contributed by atoms with E-state index in [0.29, 0.717) is 22.8 Å². The molecule has 2 nitrogen and oxygen atoms in total. The van der Waals surface area contributed by atoms with Gasteiger partial charge in [0.15, 0.2) is 11.5 Å². The molecule has 0 bridgehead atoms. The van der Waals surface area contributed by atoms with E-state index in [2.05, 4.69) is 19.9 Å². The van der Waals surface area contributed by atoms with Gasteiger partial charge >= 0.3 is 0 Å². The van der Waals surface area contributed by atoms with Crippen molar-refractivity contribution in [2.45, 2.75) is 64.7 Å². The van der Waals surface area contributed by atoms with Crippen molar-refractivity contribution in [1.29, 1.82) is 0 Å². The van der Waals surface area contributed by atoms with E-state index in [1.165, 1.54) is 49.7 Å². The maximum Gasteiger partial charge on any atom is 0.160 e. The van der Waals surface area contributed by atoms with Crippen molar-refractivity contribution in [3.63, 3.8) is 0 Å². The molecule has 0 radical (unpaired) electrons. The van der Waals surface area contributed by atoms with Gasteiger partial charge in [-0.1, -0.05) is 20.3 Å². The Bertz CT molecular complexity index is 608. The molecule has 4 rings (SSSR count). The van der Waals surface area contributed by atoms with Crippen LogP contribution >= 0.6 is 0 Å². The normalized spacial score (nSPS) is 38.6. The third-order valence-corrected chi connectivity index (χ3v) is 7.71. The summed E-state index contributed by atoms with van der Waals surface area (Å²) in [5.41, 5.74) is 3.41. The first-order valence-electron chi connectivity index (χ1n) is 9.48. The summed E-state index contributed by atoms with van der Waals surface area (Å²) in [7, 11) is 1.66. The maximum absolute atomic E-state index is 10.1. The summed E-state index contributed by atoms with van der Waals surface area (Å²) in [6.07, 6.45) is 9.34. The number of fused-ring (bicyclic) bond motifs is 5. The molecule has 2 fully saturated rings. The highest BCUT2D eigenvalue weighted by Crippen LogP contribution is 2.63. The van der Waals surface area contributed by atoms with Crippen LogP contribution in [0, 0.1) is 23.2 Å². The lowest BCUT2D eigenvalue weighted by Gasteiger charge is -2.51. The molecule has 0 amide bonds. The number of hydrogen-bond donors (Lipinski definition) is 1. The molecule has 2 saturated carbocycles. The van der Waals surface area contributed by atoms with Crippen LogP contribution < -0.4 is 4.74 Å². The minimum atomic E-state index is 0.303. The number of rotatable bonds is 2. The van der Waals surface area contributed by atoms with Crippen LogP contribution in [-0.4, -0.2) is 12.2 Å². The highest BCUT2D eigenvalue weighted by Gasteiger charge is 2.54. The molecule has 2 heteroatoms. The van der Waals surface area contributed by atoms with Gasteiger partial charge < -0.3 is 9.84 Å². The molecule has 1 unspecified atom stereocenters. The lowest BCUT2D eigenvalue weighted by Crippen LogP contribution is -2.42. The molecule has 1 N–H and O–H groups in total. The Morgan fingerprint density at radius 2 is 2.04 bits per heavy atom. The average molecular weight is 314 g/mol. The Morgan fingerprint density at radius 3 is 2.78 bits per heavy atom. The molecule has 3 aliphatic carbocycles. The first-order chi connectivity index (χ1) is 11.1. The van der Waals surface area contributed by atoms with Gasteiger partial charge in [-0.3, -0.25) is 0 Å². The first-order valence-corrected chi connectivity index (χ1v) is 9.48. The van der Waals surface area contributed by atoms with Crippen molar-refractivity contribution in [3.8, 4) is 11.5 Å². The maximum atomic E-state index is 10.1. The number of phenols is 1. The molecule has 0 saturated heterocycles. The summed E-state index contributed by atoms with van der Waals surface area (Å²) < 4.78 is 5.38. The second-order valence-corrected chi connectivity index (χ2v) is 8.37. The van der Waals surface area contributed by atoms with Crippen molar-refractivity contribution in [3.05, 3.63) is 23.3 Å². The van der Waals surface area contributed by atoms with Gasteiger partial charge in [0.1, 0.15) is 0 Å². The third kappa shape index (κ3) is 2.13.